The number of nitrogens with one attached hydrogen (secondary N) is 3. The highest BCUT2D eigenvalue weighted by Crippen LogP contribution is 2.23. The van der Waals surface area contributed by atoms with E-state index >= 15 is 0 Å². The smallest absolute Gasteiger partial charge is 0.276 e. The Kier molecular flexibility index (Phi) is 5.94. The second-order valence-corrected chi connectivity index (χ2v) is 7.29. The normalized spacial score (nSPS) is 10.8. The number of carbonyl (C=O) groups excluding carboxylic acids is 2. The first-order valence-corrected chi connectivity index (χ1v) is 10.3. The van der Waals surface area contributed by atoms with E-state index in [2.05, 4.69) is 31.0 Å². The van der Waals surface area contributed by atoms with Crippen LogP contribution < -0.4 is 15.4 Å². The molecule has 0 saturated carbocycles. The van der Waals surface area contributed by atoms with Gasteiger partial charge in [0.2, 0.25) is 0 Å². The van der Waals surface area contributed by atoms with Gasteiger partial charge in [-0.15, -0.1) is 0 Å². The maximum Gasteiger partial charge on any atom is 0.276 e. The lowest BCUT2D eigenvalue weighted by atomic mass is 10.1. The Morgan fingerprint density at radius 1 is 1.06 bits per heavy atom. The number of carbonyl (C=O) groups is 2. The predicted molar refractivity (Wildman–Crippen MR) is 122 cm³/mol. The summed E-state index contributed by atoms with van der Waals surface area (Å²) in [7, 11) is 3.39. The molecule has 33 heavy (non-hydrogen) atoms. The molecule has 11 nitrogen and oxygen atoms in total. The number of aromatic amines is 1. The maximum atomic E-state index is 13.0. The molecule has 1 aromatic carbocycles. The van der Waals surface area contributed by atoms with Crippen LogP contribution in [0, 0.1) is 6.92 Å². The Morgan fingerprint density at radius 3 is 2.39 bits per heavy atom. The number of aromatic nitrogens is 6. The summed E-state index contributed by atoms with van der Waals surface area (Å²) in [6.07, 6.45) is 3.02. The van der Waals surface area contributed by atoms with E-state index in [4.69, 9.17) is 4.74 Å². The molecular formula is C22H24N8O3. The molecule has 3 heterocycles. The molecule has 0 atom stereocenters. The van der Waals surface area contributed by atoms with Gasteiger partial charge in [-0.05, 0) is 44.2 Å². The van der Waals surface area contributed by atoms with Crippen LogP contribution in [0.2, 0.25) is 0 Å². The van der Waals surface area contributed by atoms with Crippen molar-refractivity contribution in [2.24, 2.45) is 7.05 Å². The number of anilines is 2. The third kappa shape index (κ3) is 4.33. The maximum absolute atomic E-state index is 13.0. The number of nitrogens with zero attached hydrogens (tertiary/aromatic N) is 5. The molecule has 2 amide bonds. The number of benzene rings is 1. The van der Waals surface area contributed by atoms with Crippen molar-refractivity contribution < 1.29 is 14.3 Å². The summed E-state index contributed by atoms with van der Waals surface area (Å²) in [4.78, 5) is 25.9. The molecule has 0 spiro atoms. The summed E-state index contributed by atoms with van der Waals surface area (Å²) < 4.78 is 8.35. The van der Waals surface area contributed by atoms with Gasteiger partial charge in [0.05, 0.1) is 42.3 Å². The Bertz CT molecular complexity index is 1300. The number of hydrogen-bond donors (Lipinski definition) is 3. The van der Waals surface area contributed by atoms with Gasteiger partial charge in [-0.3, -0.25) is 24.1 Å². The van der Waals surface area contributed by atoms with Gasteiger partial charge in [0.1, 0.15) is 17.1 Å². The molecule has 3 N–H and O–H groups in total. The summed E-state index contributed by atoms with van der Waals surface area (Å²) in [5, 5.41) is 20.9. The summed E-state index contributed by atoms with van der Waals surface area (Å²) >= 11 is 0. The van der Waals surface area contributed by atoms with Gasteiger partial charge < -0.3 is 15.4 Å². The van der Waals surface area contributed by atoms with Crippen LogP contribution in [-0.4, -0.2) is 48.7 Å². The summed E-state index contributed by atoms with van der Waals surface area (Å²) in [5.74, 6) is -0.110. The van der Waals surface area contributed by atoms with Crippen molar-refractivity contribution in [1.29, 1.82) is 0 Å². The third-order valence-corrected chi connectivity index (χ3v) is 5.29. The highest BCUT2D eigenvalue weighted by atomic mass is 16.5. The lowest BCUT2D eigenvalue weighted by Crippen LogP contribution is -2.21. The number of ether oxygens (including phenoxy) is 1. The number of hydrogen-bond acceptors (Lipinski definition) is 6. The fourth-order valence-corrected chi connectivity index (χ4v) is 3.30. The van der Waals surface area contributed by atoms with Crippen LogP contribution in [0.25, 0.3) is 11.3 Å². The molecule has 0 radical (unpaired) electrons. The van der Waals surface area contributed by atoms with Crippen LogP contribution in [0.4, 0.5) is 11.4 Å². The first-order chi connectivity index (χ1) is 15.9. The molecule has 0 fully saturated rings. The Morgan fingerprint density at radius 2 is 1.76 bits per heavy atom. The minimum Gasteiger partial charge on any atom is -0.497 e. The first kappa shape index (κ1) is 21.8. The van der Waals surface area contributed by atoms with E-state index in [1.807, 2.05) is 38.1 Å². The molecule has 0 bridgehead atoms. The second-order valence-electron chi connectivity index (χ2n) is 7.29. The summed E-state index contributed by atoms with van der Waals surface area (Å²) in [6, 6.07) is 8.98. The Hall–Kier alpha value is -4.41. The Balaban J connectivity index is 1.54. The van der Waals surface area contributed by atoms with Gasteiger partial charge in [-0.1, -0.05) is 0 Å². The minimum absolute atomic E-state index is 0.240. The van der Waals surface area contributed by atoms with Crippen LogP contribution in [0.15, 0.2) is 42.7 Å². The van der Waals surface area contributed by atoms with Gasteiger partial charge in [-0.25, -0.2) is 0 Å². The van der Waals surface area contributed by atoms with Crippen molar-refractivity contribution in [1.82, 2.24) is 29.8 Å². The van der Waals surface area contributed by atoms with E-state index in [1.54, 1.807) is 31.1 Å². The molecule has 0 unspecified atom stereocenters. The predicted octanol–water partition coefficient (Wildman–Crippen LogP) is 2.85. The average Bonchev–Trinajstić information content (AvgIpc) is 3.55. The molecule has 170 valence electrons. The molecule has 0 saturated heterocycles. The van der Waals surface area contributed by atoms with Gasteiger partial charge in [-0.2, -0.15) is 15.3 Å². The zero-order chi connectivity index (χ0) is 23.5. The Labute approximate surface area is 189 Å². The standard InChI is InChI=1S/C22H24N8O3/c1-5-30-20(22(32)25-18-11-23-29(3)13(18)2)19(12-24-30)26-21(31)17-10-16(27-28-17)14-6-8-15(33-4)9-7-14/h6-12H,5H2,1-4H3,(H,25,32)(H,26,31)(H,27,28). The minimum atomic E-state index is -0.440. The molecule has 3 aromatic heterocycles. The van der Waals surface area contributed by atoms with E-state index < -0.39 is 11.8 Å². The van der Waals surface area contributed by atoms with Crippen LogP contribution in [0.3, 0.4) is 0 Å². The molecule has 4 aromatic rings. The fraction of sp³-hybridized carbons (Fsp3) is 0.227. The van der Waals surface area contributed by atoms with Crippen molar-refractivity contribution in [2.45, 2.75) is 20.4 Å². The van der Waals surface area contributed by atoms with Crippen LogP contribution >= 0.6 is 0 Å². The summed E-state index contributed by atoms with van der Waals surface area (Å²) in [6.45, 7) is 4.16. The van der Waals surface area contributed by atoms with E-state index in [9.17, 15) is 9.59 Å². The number of aryl methyl sites for hydroxylation is 2. The van der Waals surface area contributed by atoms with Crippen molar-refractivity contribution in [3.8, 4) is 17.0 Å². The number of H-pyrrole nitrogens is 1. The number of methoxy groups -OCH3 is 1. The molecule has 0 aliphatic carbocycles. The van der Waals surface area contributed by atoms with Gasteiger partial charge in [0.25, 0.3) is 11.8 Å². The van der Waals surface area contributed by atoms with Crippen LogP contribution in [0.1, 0.15) is 33.6 Å². The second kappa shape index (κ2) is 8.99. The quantitative estimate of drug-likeness (QED) is 0.398. The van der Waals surface area contributed by atoms with Crippen molar-refractivity contribution in [2.75, 3.05) is 17.7 Å². The zero-order valence-electron chi connectivity index (χ0n) is 18.7. The van der Waals surface area contributed by atoms with Crippen LogP contribution in [-0.2, 0) is 13.6 Å². The third-order valence-electron chi connectivity index (χ3n) is 5.29. The van der Waals surface area contributed by atoms with Gasteiger partial charge in [0, 0.05) is 19.2 Å². The highest BCUT2D eigenvalue weighted by molar-refractivity contribution is 6.11. The zero-order valence-corrected chi connectivity index (χ0v) is 18.7. The van der Waals surface area contributed by atoms with E-state index in [0.29, 0.717) is 23.6 Å². The molecule has 0 aliphatic rings. The SMILES string of the molecule is CCn1ncc(NC(=O)c2cc(-c3ccc(OC)cc3)n[nH]2)c1C(=O)Nc1cnn(C)c1C. The summed E-state index contributed by atoms with van der Waals surface area (Å²) in [5.41, 5.74) is 3.61. The number of amides is 2. The topological polar surface area (TPSA) is 132 Å². The molecule has 11 heteroatoms. The monoisotopic (exact) mass is 448 g/mol. The molecular weight excluding hydrogens is 424 g/mol. The molecule has 4 rings (SSSR count). The van der Waals surface area contributed by atoms with Crippen LogP contribution in [0.5, 0.6) is 5.75 Å². The van der Waals surface area contributed by atoms with E-state index in [1.165, 1.54) is 10.9 Å². The average molecular weight is 448 g/mol. The van der Waals surface area contributed by atoms with Crippen molar-refractivity contribution in [3.63, 3.8) is 0 Å². The first-order valence-electron chi connectivity index (χ1n) is 10.3. The fourth-order valence-electron chi connectivity index (χ4n) is 3.30. The largest absolute Gasteiger partial charge is 0.497 e. The lowest BCUT2D eigenvalue weighted by Gasteiger charge is -2.09. The molecule has 0 aliphatic heterocycles. The van der Waals surface area contributed by atoms with E-state index in [0.717, 1.165) is 17.0 Å². The number of rotatable bonds is 7. The lowest BCUT2D eigenvalue weighted by molar-refractivity contribution is 0.101. The highest BCUT2D eigenvalue weighted by Gasteiger charge is 2.22. The van der Waals surface area contributed by atoms with Gasteiger partial charge >= 0.3 is 0 Å². The van der Waals surface area contributed by atoms with Crippen molar-refractivity contribution in [3.05, 3.63) is 59.8 Å². The van der Waals surface area contributed by atoms with Gasteiger partial charge in [0.15, 0.2) is 0 Å². The van der Waals surface area contributed by atoms with Crippen molar-refractivity contribution >= 4 is 23.2 Å². The van der Waals surface area contributed by atoms with E-state index in [-0.39, 0.29) is 11.4 Å².